The molecule has 0 bridgehead atoms. The van der Waals surface area contributed by atoms with Crippen molar-refractivity contribution >= 4 is 17.3 Å². The summed E-state index contributed by atoms with van der Waals surface area (Å²) in [6.07, 6.45) is 0. The lowest BCUT2D eigenvalue weighted by molar-refractivity contribution is 0.450. The number of nitrogens with zero attached hydrogens (tertiary/aromatic N) is 2. The van der Waals surface area contributed by atoms with E-state index >= 15 is 0 Å². The van der Waals surface area contributed by atoms with E-state index in [2.05, 4.69) is 11.4 Å². The van der Waals surface area contributed by atoms with Gasteiger partial charge in [0, 0.05) is 20.6 Å². The molecule has 62 valence electrons. The van der Waals surface area contributed by atoms with Crippen molar-refractivity contribution in [2.45, 2.75) is 6.92 Å². The van der Waals surface area contributed by atoms with Gasteiger partial charge in [-0.25, -0.2) is 0 Å². The summed E-state index contributed by atoms with van der Waals surface area (Å²) in [5, 5.41) is 12.0. The Labute approximate surface area is 73.0 Å². The zero-order valence-electron chi connectivity index (χ0n) is 7.09. The molecule has 0 saturated heterocycles. The highest BCUT2D eigenvalue weighted by Gasteiger charge is 2.06. The van der Waals surface area contributed by atoms with Gasteiger partial charge in [-0.15, -0.1) is 0 Å². The second-order valence-electron chi connectivity index (χ2n) is 2.47. The van der Waals surface area contributed by atoms with E-state index < -0.39 is 0 Å². The number of thiocarbonyl (C=S) groups is 1. The van der Waals surface area contributed by atoms with E-state index in [0.29, 0.717) is 11.7 Å². The zero-order valence-corrected chi connectivity index (χ0v) is 7.90. The van der Waals surface area contributed by atoms with Crippen molar-refractivity contribution in [1.82, 2.24) is 10.2 Å². The van der Waals surface area contributed by atoms with Gasteiger partial charge < -0.3 is 10.2 Å². The SMILES string of the molecule is CNC(=S)N(C)CC(C)C#N. The van der Waals surface area contributed by atoms with Gasteiger partial charge in [0.15, 0.2) is 5.11 Å². The van der Waals surface area contributed by atoms with E-state index in [4.69, 9.17) is 17.5 Å². The van der Waals surface area contributed by atoms with Crippen LogP contribution < -0.4 is 5.32 Å². The van der Waals surface area contributed by atoms with E-state index in [1.807, 2.05) is 18.9 Å². The van der Waals surface area contributed by atoms with Gasteiger partial charge in [-0.3, -0.25) is 0 Å². The Morgan fingerprint density at radius 2 is 2.36 bits per heavy atom. The molecule has 0 spiro atoms. The molecule has 0 amide bonds. The molecule has 0 fully saturated rings. The molecule has 0 rings (SSSR count). The van der Waals surface area contributed by atoms with Crippen LogP contribution in [0.25, 0.3) is 0 Å². The van der Waals surface area contributed by atoms with E-state index in [0.717, 1.165) is 0 Å². The van der Waals surface area contributed by atoms with Gasteiger partial charge >= 0.3 is 0 Å². The molecule has 1 unspecified atom stereocenters. The van der Waals surface area contributed by atoms with Crippen LogP contribution in [0, 0.1) is 17.2 Å². The lowest BCUT2D eigenvalue weighted by Gasteiger charge is -2.19. The van der Waals surface area contributed by atoms with Crippen LogP contribution in [-0.2, 0) is 0 Å². The topological polar surface area (TPSA) is 39.1 Å². The second kappa shape index (κ2) is 4.91. The predicted molar refractivity (Wildman–Crippen MR) is 49.1 cm³/mol. The summed E-state index contributed by atoms with van der Waals surface area (Å²) in [7, 11) is 3.64. The van der Waals surface area contributed by atoms with Gasteiger partial charge in [0.1, 0.15) is 0 Å². The maximum absolute atomic E-state index is 8.50. The van der Waals surface area contributed by atoms with Gasteiger partial charge in [0.25, 0.3) is 0 Å². The Kier molecular flexibility index (Phi) is 4.55. The first kappa shape index (κ1) is 10.2. The van der Waals surface area contributed by atoms with Crippen LogP contribution in [0.2, 0.25) is 0 Å². The van der Waals surface area contributed by atoms with Crippen LogP contribution in [0.5, 0.6) is 0 Å². The highest BCUT2D eigenvalue weighted by Crippen LogP contribution is 1.95. The Morgan fingerprint density at radius 3 is 2.73 bits per heavy atom. The van der Waals surface area contributed by atoms with Crippen LogP contribution in [0.4, 0.5) is 0 Å². The maximum Gasteiger partial charge on any atom is 0.168 e. The molecule has 0 aliphatic rings. The number of nitriles is 1. The van der Waals surface area contributed by atoms with E-state index in [9.17, 15) is 0 Å². The molecular formula is C7H13N3S. The Balaban J connectivity index is 3.79. The summed E-state index contributed by atoms with van der Waals surface area (Å²) in [5.74, 6) is 0.0197. The summed E-state index contributed by atoms with van der Waals surface area (Å²) < 4.78 is 0. The third-order valence-corrected chi connectivity index (χ3v) is 1.84. The standard InChI is InChI=1S/C7H13N3S/c1-6(4-8)5-10(3)7(11)9-2/h6H,5H2,1-3H3,(H,9,11). The highest BCUT2D eigenvalue weighted by molar-refractivity contribution is 7.80. The van der Waals surface area contributed by atoms with Gasteiger partial charge in [0.05, 0.1) is 12.0 Å². The molecule has 3 nitrogen and oxygen atoms in total. The van der Waals surface area contributed by atoms with Crippen LogP contribution in [0.1, 0.15) is 6.92 Å². The average Bonchev–Trinajstić information content (AvgIpc) is 2.02. The van der Waals surface area contributed by atoms with Crippen molar-refractivity contribution in [3.63, 3.8) is 0 Å². The van der Waals surface area contributed by atoms with Crippen molar-refractivity contribution < 1.29 is 0 Å². The van der Waals surface area contributed by atoms with Crippen LogP contribution in [0.15, 0.2) is 0 Å². The van der Waals surface area contributed by atoms with Gasteiger partial charge in [-0.2, -0.15) is 5.26 Å². The summed E-state index contributed by atoms with van der Waals surface area (Å²) in [6.45, 7) is 2.55. The first-order chi connectivity index (χ1) is 5.11. The Hall–Kier alpha value is -0.820. The van der Waals surface area contributed by atoms with Gasteiger partial charge in [0.2, 0.25) is 0 Å². The largest absolute Gasteiger partial charge is 0.366 e. The fourth-order valence-corrected chi connectivity index (χ4v) is 0.800. The number of hydrogen-bond donors (Lipinski definition) is 1. The van der Waals surface area contributed by atoms with Gasteiger partial charge in [-0.05, 0) is 19.1 Å². The minimum absolute atomic E-state index is 0.0197. The molecule has 0 heterocycles. The molecule has 0 aliphatic heterocycles. The lowest BCUT2D eigenvalue weighted by Crippen LogP contribution is -2.37. The van der Waals surface area contributed by atoms with Crippen LogP contribution in [0.3, 0.4) is 0 Å². The Morgan fingerprint density at radius 1 is 1.82 bits per heavy atom. The minimum atomic E-state index is 0.0197. The quantitative estimate of drug-likeness (QED) is 0.617. The molecule has 0 aromatic rings. The lowest BCUT2D eigenvalue weighted by atomic mass is 10.2. The molecule has 1 atom stereocenters. The number of nitrogens with one attached hydrogen (secondary N) is 1. The van der Waals surface area contributed by atoms with Crippen LogP contribution in [-0.4, -0.2) is 30.7 Å². The molecule has 0 aromatic carbocycles. The normalized spacial score (nSPS) is 11.5. The van der Waals surface area contributed by atoms with E-state index in [1.54, 1.807) is 7.05 Å². The van der Waals surface area contributed by atoms with Crippen LogP contribution >= 0.6 is 12.2 Å². The summed E-state index contributed by atoms with van der Waals surface area (Å²) in [6, 6.07) is 2.15. The summed E-state index contributed by atoms with van der Waals surface area (Å²) >= 11 is 4.95. The third-order valence-electron chi connectivity index (χ3n) is 1.33. The summed E-state index contributed by atoms with van der Waals surface area (Å²) in [5.41, 5.74) is 0. The van der Waals surface area contributed by atoms with Crippen molar-refractivity contribution in [2.24, 2.45) is 5.92 Å². The van der Waals surface area contributed by atoms with Crippen molar-refractivity contribution in [3.8, 4) is 6.07 Å². The molecule has 0 saturated carbocycles. The molecule has 0 radical (unpaired) electrons. The third kappa shape index (κ3) is 3.79. The molecule has 1 N–H and O–H groups in total. The summed E-state index contributed by atoms with van der Waals surface area (Å²) in [4.78, 5) is 1.85. The van der Waals surface area contributed by atoms with Crippen molar-refractivity contribution in [3.05, 3.63) is 0 Å². The second-order valence-corrected chi connectivity index (χ2v) is 2.85. The molecule has 11 heavy (non-hydrogen) atoms. The first-order valence-corrected chi connectivity index (χ1v) is 3.85. The van der Waals surface area contributed by atoms with Gasteiger partial charge in [-0.1, -0.05) is 0 Å². The predicted octanol–water partition coefficient (Wildman–Crippen LogP) is 0.582. The molecular weight excluding hydrogens is 158 g/mol. The molecule has 4 heteroatoms. The van der Waals surface area contributed by atoms with Crippen molar-refractivity contribution in [2.75, 3.05) is 20.6 Å². The maximum atomic E-state index is 8.50. The average molecular weight is 171 g/mol. The van der Waals surface area contributed by atoms with E-state index in [-0.39, 0.29) is 5.92 Å². The minimum Gasteiger partial charge on any atom is -0.366 e. The highest BCUT2D eigenvalue weighted by atomic mass is 32.1. The number of rotatable bonds is 2. The Bertz CT molecular complexity index is 173. The van der Waals surface area contributed by atoms with Crippen molar-refractivity contribution in [1.29, 1.82) is 5.26 Å². The fraction of sp³-hybridized carbons (Fsp3) is 0.714. The monoisotopic (exact) mass is 171 g/mol. The molecule has 0 aromatic heterocycles. The fourth-order valence-electron chi connectivity index (χ4n) is 0.725. The number of hydrogen-bond acceptors (Lipinski definition) is 2. The zero-order chi connectivity index (χ0) is 8.85. The molecule has 0 aliphatic carbocycles. The first-order valence-electron chi connectivity index (χ1n) is 3.44. The smallest absolute Gasteiger partial charge is 0.168 e. The van der Waals surface area contributed by atoms with E-state index in [1.165, 1.54) is 0 Å².